The van der Waals surface area contributed by atoms with E-state index in [-0.39, 0.29) is 28.5 Å². The Morgan fingerprint density at radius 2 is 1.84 bits per heavy atom. The topological polar surface area (TPSA) is 130 Å². The van der Waals surface area contributed by atoms with E-state index in [1.165, 1.54) is 26.5 Å². The van der Waals surface area contributed by atoms with Gasteiger partial charge in [0, 0.05) is 11.8 Å². The Hall–Kier alpha value is -4.10. The summed E-state index contributed by atoms with van der Waals surface area (Å²) in [7, 11) is -0.207. The third-order valence-corrected chi connectivity index (χ3v) is 5.40. The maximum atomic E-state index is 12.4. The first-order valence-electron chi connectivity index (χ1n) is 9.36. The number of benzene rings is 2. The number of carbonyl (C=O) groups is 1. The van der Waals surface area contributed by atoms with Crippen LogP contribution in [0.2, 0.25) is 0 Å². The number of anilines is 2. The van der Waals surface area contributed by atoms with Crippen molar-refractivity contribution in [3.63, 3.8) is 0 Å². The average molecular weight is 452 g/mol. The largest absolute Gasteiger partial charge is 0.496 e. The molecule has 9 nitrogen and oxygen atoms in total. The monoisotopic (exact) mass is 452 g/mol. The van der Waals surface area contributed by atoms with Crippen molar-refractivity contribution in [2.45, 2.75) is 4.90 Å². The van der Waals surface area contributed by atoms with Gasteiger partial charge in [0.05, 0.1) is 54.4 Å². The summed E-state index contributed by atoms with van der Waals surface area (Å²) in [5.41, 5.74) is 1.49. The molecule has 0 saturated heterocycles. The lowest BCUT2D eigenvalue weighted by Gasteiger charge is -2.20. The number of rotatable bonds is 8. The van der Waals surface area contributed by atoms with Crippen LogP contribution in [0.1, 0.15) is 5.56 Å². The van der Waals surface area contributed by atoms with Crippen molar-refractivity contribution < 1.29 is 22.7 Å². The predicted molar refractivity (Wildman–Crippen MR) is 120 cm³/mol. The Balaban J connectivity index is 2.08. The van der Waals surface area contributed by atoms with E-state index >= 15 is 0 Å². The molecule has 2 N–H and O–H groups in total. The van der Waals surface area contributed by atoms with Crippen LogP contribution in [0.5, 0.6) is 11.5 Å². The van der Waals surface area contributed by atoms with Gasteiger partial charge in [-0.25, -0.2) is 8.42 Å². The summed E-state index contributed by atoms with van der Waals surface area (Å²) in [4.78, 5) is 16.3. The molecular weight excluding hydrogens is 432 g/mol. The highest BCUT2D eigenvalue weighted by molar-refractivity contribution is 7.72. The van der Waals surface area contributed by atoms with Crippen molar-refractivity contribution in [1.82, 2.24) is 4.98 Å². The molecule has 0 aliphatic carbocycles. The van der Waals surface area contributed by atoms with Crippen LogP contribution in [0.3, 0.4) is 0 Å². The summed E-state index contributed by atoms with van der Waals surface area (Å²) in [6, 6.07) is 13.1. The molecule has 0 bridgehead atoms. The number of carbonyl (C=O) groups excluding carboxylic acids is 1. The minimum absolute atomic E-state index is 0.00348. The first kappa shape index (κ1) is 22.6. The van der Waals surface area contributed by atoms with Crippen molar-refractivity contribution in [3.8, 4) is 28.7 Å². The predicted octanol–water partition coefficient (Wildman–Crippen LogP) is 2.66. The number of thiol groups is 1. The second-order valence-corrected chi connectivity index (χ2v) is 7.40. The van der Waals surface area contributed by atoms with Gasteiger partial charge < -0.3 is 20.1 Å². The number of nitriles is 1. The van der Waals surface area contributed by atoms with Crippen LogP contribution in [0.4, 0.5) is 11.4 Å². The maximum Gasteiger partial charge on any atom is 0.243 e. The molecule has 0 atom stereocenters. The second-order valence-electron chi connectivity index (χ2n) is 6.43. The molecule has 1 aromatic heterocycles. The first-order valence-corrected chi connectivity index (χ1v) is 10.5. The molecule has 3 aromatic rings. The third-order valence-electron chi connectivity index (χ3n) is 4.55. The van der Waals surface area contributed by atoms with Crippen molar-refractivity contribution in [2.24, 2.45) is 0 Å². The summed E-state index contributed by atoms with van der Waals surface area (Å²) in [6.07, 6.45) is 3.11. The first-order chi connectivity index (χ1) is 15.5. The van der Waals surface area contributed by atoms with Crippen LogP contribution in [0, 0.1) is 11.3 Å². The molecule has 32 heavy (non-hydrogen) atoms. The number of hydrogen-bond donors (Lipinski definition) is 3. The molecule has 1 amide bonds. The number of hydrogen-bond acceptors (Lipinski definition) is 8. The molecule has 2 aromatic carbocycles. The fraction of sp³-hybridized carbons (Fsp3) is 0.136. The van der Waals surface area contributed by atoms with Crippen LogP contribution in [0.15, 0.2) is 59.8 Å². The highest BCUT2D eigenvalue weighted by atomic mass is 32.2. The van der Waals surface area contributed by atoms with Crippen LogP contribution in [-0.4, -0.2) is 40.1 Å². The van der Waals surface area contributed by atoms with E-state index in [0.717, 1.165) is 0 Å². The molecule has 0 fully saturated rings. The van der Waals surface area contributed by atoms with E-state index in [0.29, 0.717) is 28.4 Å². The molecule has 1 heterocycles. The van der Waals surface area contributed by atoms with Gasteiger partial charge in [0.1, 0.15) is 17.6 Å². The molecule has 0 spiro atoms. The number of amides is 1. The standard InChI is InChI=1S/C22H20N4O5S/c1-30-17-8-9-18(31-2)21(25-13-19(27)26-15-6-4-10-24-12-15)20(17)16-7-3-5-14(11-23)22(16)32(28)29/h3-10,12,25,32H,13H2,1-2H3,(H,26,27). The summed E-state index contributed by atoms with van der Waals surface area (Å²) in [6.45, 7) is -0.151. The van der Waals surface area contributed by atoms with E-state index in [4.69, 9.17) is 9.47 Å². The minimum Gasteiger partial charge on any atom is -0.496 e. The number of nitrogens with zero attached hydrogens (tertiary/aromatic N) is 2. The van der Waals surface area contributed by atoms with E-state index in [1.807, 2.05) is 6.07 Å². The van der Waals surface area contributed by atoms with Gasteiger partial charge in [0.15, 0.2) is 10.7 Å². The summed E-state index contributed by atoms with van der Waals surface area (Å²) in [5.74, 6) is 0.355. The molecule has 0 radical (unpaired) electrons. The number of nitrogens with one attached hydrogen (secondary N) is 2. The molecule has 0 saturated carbocycles. The zero-order valence-corrected chi connectivity index (χ0v) is 18.2. The number of aromatic nitrogens is 1. The molecule has 0 aliphatic rings. The second kappa shape index (κ2) is 10.3. The Labute approximate surface area is 186 Å². The minimum atomic E-state index is -3.10. The SMILES string of the molecule is COc1ccc(OC)c(-c2cccc(C#N)c2[SH](=O)=O)c1NCC(=O)Nc1cccnc1. The quantitative estimate of drug-likeness (QED) is 0.445. The summed E-state index contributed by atoms with van der Waals surface area (Å²) < 4.78 is 35.0. The van der Waals surface area contributed by atoms with E-state index < -0.39 is 10.7 Å². The zero-order chi connectivity index (χ0) is 23.1. The van der Waals surface area contributed by atoms with Crippen LogP contribution < -0.4 is 20.1 Å². The van der Waals surface area contributed by atoms with Crippen LogP contribution >= 0.6 is 0 Å². The lowest BCUT2D eigenvalue weighted by atomic mass is 9.99. The van der Waals surface area contributed by atoms with Crippen molar-refractivity contribution in [3.05, 3.63) is 60.4 Å². The lowest BCUT2D eigenvalue weighted by Crippen LogP contribution is -2.22. The highest BCUT2D eigenvalue weighted by Gasteiger charge is 2.22. The van der Waals surface area contributed by atoms with Gasteiger partial charge >= 0.3 is 0 Å². The smallest absolute Gasteiger partial charge is 0.243 e. The zero-order valence-electron chi connectivity index (χ0n) is 17.3. The molecular formula is C22H20N4O5S. The molecule has 0 unspecified atom stereocenters. The van der Waals surface area contributed by atoms with Gasteiger partial charge in [-0.3, -0.25) is 9.78 Å². The third kappa shape index (κ3) is 4.79. The molecule has 10 heteroatoms. The van der Waals surface area contributed by atoms with Gasteiger partial charge in [-0.05, 0) is 30.3 Å². The normalized spacial score (nSPS) is 10.3. The molecule has 164 valence electrons. The number of methoxy groups -OCH3 is 2. The Bertz CT molecular complexity index is 1250. The van der Waals surface area contributed by atoms with Gasteiger partial charge in [-0.15, -0.1) is 0 Å². The highest BCUT2D eigenvalue weighted by Crippen LogP contribution is 2.44. The van der Waals surface area contributed by atoms with Gasteiger partial charge in [-0.2, -0.15) is 5.26 Å². The molecule has 3 rings (SSSR count). The lowest BCUT2D eigenvalue weighted by molar-refractivity contribution is -0.114. The van der Waals surface area contributed by atoms with Gasteiger partial charge in [-0.1, -0.05) is 12.1 Å². The van der Waals surface area contributed by atoms with Crippen LogP contribution in [0.25, 0.3) is 11.1 Å². The summed E-state index contributed by atoms with van der Waals surface area (Å²) in [5, 5.41) is 15.1. The number of ether oxygens (including phenoxy) is 2. The Morgan fingerprint density at radius 3 is 2.47 bits per heavy atom. The summed E-state index contributed by atoms with van der Waals surface area (Å²) >= 11 is 0. The van der Waals surface area contributed by atoms with E-state index in [1.54, 1.807) is 42.6 Å². The van der Waals surface area contributed by atoms with E-state index in [2.05, 4.69) is 15.6 Å². The van der Waals surface area contributed by atoms with Gasteiger partial charge in [0.25, 0.3) is 0 Å². The Morgan fingerprint density at radius 1 is 1.09 bits per heavy atom. The fourth-order valence-corrected chi connectivity index (χ4v) is 3.89. The molecule has 0 aliphatic heterocycles. The Kier molecular flexibility index (Phi) is 7.25. The van der Waals surface area contributed by atoms with E-state index in [9.17, 15) is 18.5 Å². The van der Waals surface area contributed by atoms with Crippen molar-refractivity contribution >= 4 is 28.0 Å². The average Bonchev–Trinajstić information content (AvgIpc) is 2.81. The van der Waals surface area contributed by atoms with Crippen molar-refractivity contribution in [1.29, 1.82) is 5.26 Å². The van der Waals surface area contributed by atoms with Crippen molar-refractivity contribution in [2.75, 3.05) is 31.4 Å². The number of pyridine rings is 1. The van der Waals surface area contributed by atoms with Crippen LogP contribution in [-0.2, 0) is 15.5 Å². The maximum absolute atomic E-state index is 12.4. The van der Waals surface area contributed by atoms with Gasteiger partial charge in [0.2, 0.25) is 5.91 Å². The fourth-order valence-electron chi connectivity index (χ4n) is 3.19.